The van der Waals surface area contributed by atoms with E-state index in [0.29, 0.717) is 10.7 Å². The number of aliphatic hydroxyl groups excluding tert-OH is 1. The van der Waals surface area contributed by atoms with Crippen LogP contribution in [0.25, 0.3) is 11.8 Å². The molecule has 0 bridgehead atoms. The van der Waals surface area contributed by atoms with E-state index in [1.165, 1.54) is 6.08 Å². The van der Waals surface area contributed by atoms with E-state index in [1.807, 2.05) is 37.3 Å². The predicted octanol–water partition coefficient (Wildman–Crippen LogP) is 2.34. The number of amides is 1. The SMILES string of the molecule is Cc1nn(-c2ccccc2)c(Cl)c1/C=C/C(=O)NC(C)CO. The highest BCUT2D eigenvalue weighted by Gasteiger charge is 2.12. The summed E-state index contributed by atoms with van der Waals surface area (Å²) in [6, 6.07) is 9.24. The second-order valence-corrected chi connectivity index (χ2v) is 5.32. The molecule has 22 heavy (non-hydrogen) atoms. The smallest absolute Gasteiger partial charge is 0.244 e. The van der Waals surface area contributed by atoms with Crippen molar-refractivity contribution in [1.82, 2.24) is 15.1 Å². The van der Waals surface area contributed by atoms with E-state index >= 15 is 0 Å². The van der Waals surface area contributed by atoms with Gasteiger partial charge in [0, 0.05) is 17.7 Å². The third-order valence-electron chi connectivity index (χ3n) is 3.11. The van der Waals surface area contributed by atoms with E-state index in [0.717, 1.165) is 11.4 Å². The monoisotopic (exact) mass is 319 g/mol. The first-order chi connectivity index (χ1) is 10.5. The highest BCUT2D eigenvalue weighted by atomic mass is 35.5. The van der Waals surface area contributed by atoms with Crippen LogP contribution in [-0.4, -0.2) is 33.4 Å². The zero-order valence-corrected chi connectivity index (χ0v) is 13.2. The Bertz CT molecular complexity index is 680. The van der Waals surface area contributed by atoms with E-state index < -0.39 is 0 Å². The summed E-state index contributed by atoms with van der Waals surface area (Å²) < 4.78 is 1.63. The number of aromatic nitrogens is 2. The topological polar surface area (TPSA) is 67.2 Å². The van der Waals surface area contributed by atoms with Gasteiger partial charge in [0.15, 0.2) is 0 Å². The average Bonchev–Trinajstić information content (AvgIpc) is 2.80. The maximum absolute atomic E-state index is 11.7. The van der Waals surface area contributed by atoms with Gasteiger partial charge in [-0.3, -0.25) is 4.79 Å². The zero-order valence-electron chi connectivity index (χ0n) is 12.5. The molecule has 2 rings (SSSR count). The minimum Gasteiger partial charge on any atom is -0.394 e. The number of nitrogens with one attached hydrogen (secondary N) is 1. The fraction of sp³-hybridized carbons (Fsp3) is 0.250. The van der Waals surface area contributed by atoms with Crippen LogP contribution >= 0.6 is 11.6 Å². The number of carbonyl (C=O) groups excluding carboxylic acids is 1. The van der Waals surface area contributed by atoms with Crippen LogP contribution in [-0.2, 0) is 4.79 Å². The molecule has 1 aromatic heterocycles. The summed E-state index contributed by atoms with van der Waals surface area (Å²) in [5.74, 6) is -0.288. The summed E-state index contributed by atoms with van der Waals surface area (Å²) in [7, 11) is 0. The number of halogens is 1. The number of benzene rings is 1. The molecule has 1 aromatic carbocycles. The van der Waals surface area contributed by atoms with E-state index in [1.54, 1.807) is 17.7 Å². The summed E-state index contributed by atoms with van der Waals surface area (Å²) >= 11 is 6.36. The average molecular weight is 320 g/mol. The van der Waals surface area contributed by atoms with Gasteiger partial charge in [0.25, 0.3) is 0 Å². The van der Waals surface area contributed by atoms with Gasteiger partial charge in [0.1, 0.15) is 5.15 Å². The van der Waals surface area contributed by atoms with E-state index in [-0.39, 0.29) is 18.6 Å². The number of carbonyl (C=O) groups is 1. The molecule has 116 valence electrons. The van der Waals surface area contributed by atoms with Crippen molar-refractivity contribution < 1.29 is 9.90 Å². The van der Waals surface area contributed by atoms with Crippen molar-refractivity contribution in [3.63, 3.8) is 0 Å². The number of nitrogens with zero attached hydrogens (tertiary/aromatic N) is 2. The molecule has 0 fully saturated rings. The fourth-order valence-electron chi connectivity index (χ4n) is 1.94. The zero-order chi connectivity index (χ0) is 16.1. The third kappa shape index (κ3) is 3.75. The lowest BCUT2D eigenvalue weighted by molar-refractivity contribution is -0.117. The number of hydrogen-bond acceptors (Lipinski definition) is 3. The Morgan fingerprint density at radius 3 is 2.77 bits per heavy atom. The molecule has 0 aliphatic rings. The van der Waals surface area contributed by atoms with Gasteiger partial charge >= 0.3 is 0 Å². The van der Waals surface area contributed by atoms with E-state index in [4.69, 9.17) is 16.7 Å². The molecular weight excluding hydrogens is 302 g/mol. The van der Waals surface area contributed by atoms with Crippen LogP contribution in [0.1, 0.15) is 18.2 Å². The highest BCUT2D eigenvalue weighted by Crippen LogP contribution is 2.24. The molecule has 0 radical (unpaired) electrons. The number of aliphatic hydroxyl groups is 1. The summed E-state index contributed by atoms with van der Waals surface area (Å²) in [6.45, 7) is 3.45. The van der Waals surface area contributed by atoms with Crippen LogP contribution in [0.2, 0.25) is 5.15 Å². The predicted molar refractivity (Wildman–Crippen MR) is 87.0 cm³/mol. The molecule has 0 saturated carbocycles. The standard InChI is InChI=1S/C16H18ClN3O2/c1-11(10-21)18-15(22)9-8-14-12(2)19-20(16(14)17)13-6-4-3-5-7-13/h3-9,11,21H,10H2,1-2H3,(H,18,22)/b9-8+. The fourth-order valence-corrected chi connectivity index (χ4v) is 2.27. The molecule has 1 heterocycles. The van der Waals surface area contributed by atoms with Gasteiger partial charge in [-0.25, -0.2) is 4.68 Å². The van der Waals surface area contributed by atoms with Crippen LogP contribution in [0.4, 0.5) is 0 Å². The Morgan fingerprint density at radius 1 is 1.45 bits per heavy atom. The van der Waals surface area contributed by atoms with Gasteiger partial charge in [-0.15, -0.1) is 0 Å². The lowest BCUT2D eigenvalue weighted by Crippen LogP contribution is -2.33. The largest absolute Gasteiger partial charge is 0.394 e. The van der Waals surface area contributed by atoms with Gasteiger partial charge in [0.2, 0.25) is 5.91 Å². The van der Waals surface area contributed by atoms with Gasteiger partial charge in [-0.2, -0.15) is 5.10 Å². The van der Waals surface area contributed by atoms with Crippen LogP contribution in [0.5, 0.6) is 0 Å². The molecule has 5 nitrogen and oxygen atoms in total. The number of hydrogen-bond donors (Lipinski definition) is 2. The molecule has 0 saturated heterocycles. The highest BCUT2D eigenvalue weighted by molar-refractivity contribution is 6.31. The second kappa shape index (κ2) is 7.24. The van der Waals surface area contributed by atoms with Crippen LogP contribution in [0.3, 0.4) is 0 Å². The molecule has 1 unspecified atom stereocenters. The normalized spacial score (nSPS) is 12.5. The minimum absolute atomic E-state index is 0.106. The van der Waals surface area contributed by atoms with Crippen molar-refractivity contribution in [2.45, 2.75) is 19.9 Å². The lowest BCUT2D eigenvalue weighted by atomic mass is 10.2. The third-order valence-corrected chi connectivity index (χ3v) is 3.48. The summed E-state index contributed by atoms with van der Waals surface area (Å²) in [6.07, 6.45) is 3.01. The van der Waals surface area contributed by atoms with Crippen LogP contribution in [0, 0.1) is 6.92 Å². The Labute approximate surface area is 134 Å². The van der Waals surface area contributed by atoms with Crippen molar-refractivity contribution in [2.75, 3.05) is 6.61 Å². The second-order valence-electron chi connectivity index (χ2n) is 4.96. The Kier molecular flexibility index (Phi) is 5.35. The first-order valence-electron chi connectivity index (χ1n) is 6.93. The molecule has 0 aliphatic carbocycles. The van der Waals surface area contributed by atoms with Crippen molar-refractivity contribution in [3.8, 4) is 5.69 Å². The minimum atomic E-state index is -0.291. The van der Waals surface area contributed by atoms with Gasteiger partial charge in [-0.1, -0.05) is 29.8 Å². The Morgan fingerprint density at radius 2 is 2.14 bits per heavy atom. The molecule has 0 spiro atoms. The number of rotatable bonds is 5. The molecule has 2 N–H and O–H groups in total. The quantitative estimate of drug-likeness (QED) is 0.831. The Balaban J connectivity index is 2.23. The first kappa shape index (κ1) is 16.3. The maximum atomic E-state index is 11.7. The van der Waals surface area contributed by atoms with Gasteiger partial charge in [-0.05, 0) is 32.1 Å². The van der Waals surface area contributed by atoms with Crippen molar-refractivity contribution >= 4 is 23.6 Å². The van der Waals surface area contributed by atoms with Gasteiger partial charge in [0.05, 0.1) is 18.0 Å². The molecule has 2 aromatic rings. The van der Waals surface area contributed by atoms with Crippen molar-refractivity contribution in [3.05, 3.63) is 52.8 Å². The molecule has 1 atom stereocenters. The summed E-state index contributed by atoms with van der Waals surface area (Å²) in [5, 5.41) is 16.4. The van der Waals surface area contributed by atoms with E-state index in [9.17, 15) is 4.79 Å². The number of aryl methyl sites for hydroxylation is 1. The summed E-state index contributed by atoms with van der Waals surface area (Å²) in [4.78, 5) is 11.7. The van der Waals surface area contributed by atoms with E-state index in [2.05, 4.69) is 10.4 Å². The molecule has 1 amide bonds. The lowest BCUT2D eigenvalue weighted by Gasteiger charge is -2.07. The van der Waals surface area contributed by atoms with Crippen LogP contribution in [0.15, 0.2) is 36.4 Å². The molecule has 0 aliphatic heterocycles. The van der Waals surface area contributed by atoms with Gasteiger partial charge < -0.3 is 10.4 Å². The summed E-state index contributed by atoms with van der Waals surface area (Å²) in [5.41, 5.74) is 2.28. The maximum Gasteiger partial charge on any atom is 0.244 e. The Hall–Kier alpha value is -2.11. The molecule has 6 heteroatoms. The molecular formula is C16H18ClN3O2. The van der Waals surface area contributed by atoms with Crippen molar-refractivity contribution in [2.24, 2.45) is 0 Å². The first-order valence-corrected chi connectivity index (χ1v) is 7.30. The number of para-hydroxylation sites is 1. The van der Waals surface area contributed by atoms with Crippen LogP contribution < -0.4 is 5.32 Å². The van der Waals surface area contributed by atoms with Crippen molar-refractivity contribution in [1.29, 1.82) is 0 Å².